The van der Waals surface area contributed by atoms with E-state index >= 15 is 0 Å². The van der Waals surface area contributed by atoms with Gasteiger partial charge in [-0.25, -0.2) is 0 Å². The third-order valence-electron chi connectivity index (χ3n) is 4.46. The minimum atomic E-state index is -0.0892. The quantitative estimate of drug-likeness (QED) is 0.831. The molecular weight excluding hydrogens is 328 g/mol. The van der Waals surface area contributed by atoms with Crippen molar-refractivity contribution in [3.63, 3.8) is 0 Å². The molecule has 26 heavy (non-hydrogen) atoms. The van der Waals surface area contributed by atoms with E-state index in [2.05, 4.69) is 22.3 Å². The average Bonchev–Trinajstić information content (AvgIpc) is 2.69. The first-order valence-corrected chi connectivity index (χ1v) is 9.15. The number of morpholine rings is 1. The third kappa shape index (κ3) is 5.07. The molecule has 1 aliphatic rings. The molecule has 3 rings (SSSR count). The highest BCUT2D eigenvalue weighted by molar-refractivity contribution is 5.94. The Balaban J connectivity index is 1.74. The molecule has 5 nitrogen and oxygen atoms in total. The van der Waals surface area contributed by atoms with Crippen molar-refractivity contribution in [2.75, 3.05) is 39.5 Å². The maximum Gasteiger partial charge on any atom is 0.251 e. The largest absolute Gasteiger partial charge is 0.494 e. The number of amides is 1. The lowest BCUT2D eigenvalue weighted by atomic mass is 10.1. The van der Waals surface area contributed by atoms with Gasteiger partial charge in [-0.15, -0.1) is 0 Å². The summed E-state index contributed by atoms with van der Waals surface area (Å²) < 4.78 is 10.9. The van der Waals surface area contributed by atoms with E-state index in [0.29, 0.717) is 17.9 Å². The molecule has 1 N–H and O–H groups in total. The third-order valence-corrected chi connectivity index (χ3v) is 4.46. The second kappa shape index (κ2) is 9.36. The molecule has 0 bridgehead atoms. The molecule has 2 aromatic rings. The second-order valence-electron chi connectivity index (χ2n) is 6.31. The summed E-state index contributed by atoms with van der Waals surface area (Å²) in [5.74, 6) is 0.623. The highest BCUT2D eigenvalue weighted by atomic mass is 16.5. The van der Waals surface area contributed by atoms with Crippen molar-refractivity contribution in [2.24, 2.45) is 0 Å². The predicted molar refractivity (Wildman–Crippen MR) is 102 cm³/mol. The van der Waals surface area contributed by atoms with Gasteiger partial charge in [0.15, 0.2) is 0 Å². The fourth-order valence-electron chi connectivity index (χ4n) is 3.10. The van der Waals surface area contributed by atoms with E-state index < -0.39 is 0 Å². The van der Waals surface area contributed by atoms with E-state index in [4.69, 9.17) is 9.47 Å². The summed E-state index contributed by atoms with van der Waals surface area (Å²) in [6, 6.07) is 17.4. The minimum absolute atomic E-state index is 0.0717. The molecule has 0 radical (unpaired) electrons. The van der Waals surface area contributed by atoms with E-state index in [1.54, 1.807) is 6.07 Å². The van der Waals surface area contributed by atoms with Crippen LogP contribution < -0.4 is 10.1 Å². The molecule has 1 aliphatic heterocycles. The maximum absolute atomic E-state index is 12.8. The van der Waals surface area contributed by atoms with Crippen LogP contribution in [-0.4, -0.2) is 50.3 Å². The van der Waals surface area contributed by atoms with E-state index in [1.807, 2.05) is 43.3 Å². The Hall–Kier alpha value is -2.37. The molecule has 1 atom stereocenters. The fourth-order valence-corrected chi connectivity index (χ4v) is 3.10. The summed E-state index contributed by atoms with van der Waals surface area (Å²) in [4.78, 5) is 15.1. The van der Waals surface area contributed by atoms with Crippen LogP contribution in [-0.2, 0) is 4.74 Å². The number of hydrogen-bond acceptors (Lipinski definition) is 4. The highest BCUT2D eigenvalue weighted by Crippen LogP contribution is 2.18. The summed E-state index contributed by atoms with van der Waals surface area (Å²) in [7, 11) is 0. The van der Waals surface area contributed by atoms with Gasteiger partial charge in [-0.1, -0.05) is 36.4 Å². The smallest absolute Gasteiger partial charge is 0.251 e. The monoisotopic (exact) mass is 354 g/mol. The summed E-state index contributed by atoms with van der Waals surface area (Å²) in [5, 5.41) is 3.19. The fraction of sp³-hybridized carbons (Fsp3) is 0.381. The standard InChI is InChI=1S/C21H26N2O3/c1-2-26-19-10-6-9-18(15-19)21(24)22-20(17-7-4-3-5-8-17)16-23-11-13-25-14-12-23/h3-10,15,20H,2,11-14,16H2,1H3,(H,22,24)/t20-/m0/s1. The lowest BCUT2D eigenvalue weighted by Gasteiger charge is -2.31. The van der Waals surface area contributed by atoms with Gasteiger partial charge in [0.2, 0.25) is 0 Å². The van der Waals surface area contributed by atoms with E-state index in [0.717, 1.165) is 38.4 Å². The predicted octanol–water partition coefficient (Wildman–Crippen LogP) is 2.89. The normalized spacial score (nSPS) is 16.0. The van der Waals surface area contributed by atoms with Crippen molar-refractivity contribution < 1.29 is 14.3 Å². The van der Waals surface area contributed by atoms with Crippen molar-refractivity contribution in [1.29, 1.82) is 0 Å². The Morgan fingerprint density at radius 2 is 1.92 bits per heavy atom. The van der Waals surface area contributed by atoms with Crippen LogP contribution in [0.15, 0.2) is 54.6 Å². The molecule has 1 amide bonds. The SMILES string of the molecule is CCOc1cccc(C(=O)N[C@@H](CN2CCOCC2)c2ccccc2)c1. The molecule has 0 spiro atoms. The Bertz CT molecular complexity index is 699. The van der Waals surface area contributed by atoms with Crippen LogP contribution in [0.5, 0.6) is 5.75 Å². The van der Waals surface area contributed by atoms with Crippen LogP contribution in [0.25, 0.3) is 0 Å². The van der Waals surface area contributed by atoms with E-state index in [-0.39, 0.29) is 11.9 Å². The van der Waals surface area contributed by atoms with Crippen LogP contribution in [0, 0.1) is 0 Å². The Morgan fingerprint density at radius 3 is 2.65 bits per heavy atom. The number of hydrogen-bond donors (Lipinski definition) is 1. The second-order valence-corrected chi connectivity index (χ2v) is 6.31. The van der Waals surface area contributed by atoms with Crippen LogP contribution in [0.4, 0.5) is 0 Å². The Labute approximate surface area is 154 Å². The molecule has 5 heteroatoms. The van der Waals surface area contributed by atoms with E-state index in [1.165, 1.54) is 0 Å². The molecule has 1 heterocycles. The number of carbonyl (C=O) groups excluding carboxylic acids is 1. The van der Waals surface area contributed by atoms with Crippen LogP contribution in [0.2, 0.25) is 0 Å². The topological polar surface area (TPSA) is 50.8 Å². The lowest BCUT2D eigenvalue weighted by Crippen LogP contribution is -2.43. The van der Waals surface area contributed by atoms with Crippen LogP contribution in [0.1, 0.15) is 28.9 Å². The summed E-state index contributed by atoms with van der Waals surface area (Å²) in [6.45, 7) is 6.54. The van der Waals surface area contributed by atoms with Gasteiger partial charge in [0, 0.05) is 25.2 Å². The van der Waals surface area contributed by atoms with Crippen LogP contribution in [0.3, 0.4) is 0 Å². The van der Waals surface area contributed by atoms with Crippen molar-refractivity contribution in [2.45, 2.75) is 13.0 Å². The zero-order valence-electron chi connectivity index (χ0n) is 15.2. The van der Waals surface area contributed by atoms with Gasteiger partial charge in [-0.05, 0) is 30.7 Å². The Kier molecular flexibility index (Phi) is 6.63. The van der Waals surface area contributed by atoms with Crippen molar-refractivity contribution in [3.05, 3.63) is 65.7 Å². The minimum Gasteiger partial charge on any atom is -0.494 e. The molecule has 1 saturated heterocycles. The number of benzene rings is 2. The zero-order valence-corrected chi connectivity index (χ0v) is 15.2. The molecule has 0 saturated carbocycles. The molecule has 0 unspecified atom stereocenters. The molecule has 0 aliphatic carbocycles. The van der Waals surface area contributed by atoms with Gasteiger partial charge in [-0.2, -0.15) is 0 Å². The molecule has 1 fully saturated rings. The van der Waals surface area contributed by atoms with Crippen molar-refractivity contribution in [3.8, 4) is 5.75 Å². The first-order chi connectivity index (χ1) is 12.8. The first kappa shape index (κ1) is 18.4. The number of nitrogens with one attached hydrogen (secondary N) is 1. The summed E-state index contributed by atoms with van der Waals surface area (Å²) in [5.41, 5.74) is 1.71. The Morgan fingerprint density at radius 1 is 1.15 bits per heavy atom. The first-order valence-electron chi connectivity index (χ1n) is 9.15. The maximum atomic E-state index is 12.8. The van der Waals surface area contributed by atoms with Gasteiger partial charge >= 0.3 is 0 Å². The van der Waals surface area contributed by atoms with Gasteiger partial charge < -0.3 is 14.8 Å². The highest BCUT2D eigenvalue weighted by Gasteiger charge is 2.20. The summed E-state index contributed by atoms with van der Waals surface area (Å²) in [6.07, 6.45) is 0. The zero-order chi connectivity index (χ0) is 18.2. The molecule has 2 aromatic carbocycles. The molecule has 138 valence electrons. The average molecular weight is 354 g/mol. The van der Waals surface area contributed by atoms with E-state index in [9.17, 15) is 4.79 Å². The number of nitrogens with zero attached hydrogens (tertiary/aromatic N) is 1. The lowest BCUT2D eigenvalue weighted by molar-refractivity contribution is 0.0332. The van der Waals surface area contributed by atoms with Crippen molar-refractivity contribution >= 4 is 5.91 Å². The van der Waals surface area contributed by atoms with Crippen molar-refractivity contribution in [1.82, 2.24) is 10.2 Å². The molecule has 0 aromatic heterocycles. The molecular formula is C21H26N2O3. The van der Waals surface area contributed by atoms with Gasteiger partial charge in [0.05, 0.1) is 25.9 Å². The number of ether oxygens (including phenoxy) is 2. The van der Waals surface area contributed by atoms with Gasteiger partial charge in [0.1, 0.15) is 5.75 Å². The summed E-state index contributed by atoms with van der Waals surface area (Å²) >= 11 is 0. The van der Waals surface area contributed by atoms with Gasteiger partial charge in [-0.3, -0.25) is 9.69 Å². The number of rotatable bonds is 7. The van der Waals surface area contributed by atoms with Crippen LogP contribution >= 0.6 is 0 Å². The number of carbonyl (C=O) groups is 1. The van der Waals surface area contributed by atoms with Gasteiger partial charge in [0.25, 0.3) is 5.91 Å².